The van der Waals surface area contributed by atoms with Crippen molar-refractivity contribution in [3.8, 4) is 0 Å². The molecule has 2 saturated heterocycles. The summed E-state index contributed by atoms with van der Waals surface area (Å²) in [7, 11) is 0. The average molecular weight is 291 g/mol. The number of rotatable bonds is 5. The summed E-state index contributed by atoms with van der Waals surface area (Å²) in [5.41, 5.74) is 0.966. The van der Waals surface area contributed by atoms with Gasteiger partial charge in [-0.15, -0.1) is 0 Å². The molecule has 0 bridgehead atoms. The second-order valence-electron chi connectivity index (χ2n) is 5.70. The topological polar surface area (TPSA) is 62.3 Å². The summed E-state index contributed by atoms with van der Waals surface area (Å²) in [4.78, 5) is 13.9. The normalized spacial score (nSPS) is 25.7. The van der Waals surface area contributed by atoms with Crippen LogP contribution in [0.1, 0.15) is 24.8 Å². The molecule has 1 aromatic carbocycles. The molecule has 3 rings (SSSR count). The molecule has 114 valence electrons. The molecule has 1 amide bonds. The van der Waals surface area contributed by atoms with Gasteiger partial charge in [0, 0.05) is 13.0 Å². The zero-order valence-corrected chi connectivity index (χ0v) is 12.0. The number of hydrogen-bond acceptors (Lipinski definition) is 4. The minimum atomic E-state index is -0.524. The van der Waals surface area contributed by atoms with E-state index in [0.717, 1.165) is 25.0 Å². The summed E-state index contributed by atoms with van der Waals surface area (Å²) in [5.74, 6) is 0. The first-order valence-corrected chi connectivity index (χ1v) is 7.51. The number of likely N-dealkylation sites (tertiary alicyclic amines) is 1. The summed E-state index contributed by atoms with van der Waals surface area (Å²) < 4.78 is 10.5. The monoisotopic (exact) mass is 291 g/mol. The quantitative estimate of drug-likeness (QED) is 0.842. The van der Waals surface area contributed by atoms with Crippen LogP contribution in [0.3, 0.4) is 0 Å². The van der Waals surface area contributed by atoms with Crippen LogP contribution >= 0.6 is 0 Å². The fourth-order valence-electron chi connectivity index (χ4n) is 2.85. The molecule has 0 unspecified atom stereocenters. The maximum atomic E-state index is 12.2. The number of ether oxygens (including phenoxy) is 2. The number of nitrogens with zero attached hydrogens (tertiary/aromatic N) is 1. The van der Waals surface area contributed by atoms with Gasteiger partial charge in [0.2, 0.25) is 0 Å². The van der Waals surface area contributed by atoms with Gasteiger partial charge in [0.05, 0.1) is 24.9 Å². The molecule has 21 heavy (non-hydrogen) atoms. The van der Waals surface area contributed by atoms with Crippen LogP contribution in [-0.4, -0.2) is 47.5 Å². The number of aliphatic hydroxyl groups excluding tert-OH is 1. The molecule has 2 fully saturated rings. The zero-order valence-electron chi connectivity index (χ0n) is 12.0. The highest BCUT2D eigenvalue weighted by atomic mass is 16.6. The summed E-state index contributed by atoms with van der Waals surface area (Å²) in [6.07, 6.45) is 1.65. The number of carbonyl (C=O) groups excluding carboxylic acids is 1. The lowest BCUT2D eigenvalue weighted by molar-refractivity contribution is 0.0414. The van der Waals surface area contributed by atoms with Gasteiger partial charge in [0.15, 0.2) is 0 Å². The van der Waals surface area contributed by atoms with Crippen molar-refractivity contribution >= 4 is 6.09 Å². The fraction of sp³-hybridized carbons (Fsp3) is 0.562. The van der Waals surface area contributed by atoms with E-state index in [2.05, 4.69) is 0 Å². The molecule has 0 radical (unpaired) electrons. The van der Waals surface area contributed by atoms with E-state index >= 15 is 0 Å². The number of carbonyl (C=O) groups is 1. The first-order valence-electron chi connectivity index (χ1n) is 7.51. The highest BCUT2D eigenvalue weighted by Crippen LogP contribution is 2.26. The molecule has 0 saturated carbocycles. The molecule has 1 N–H and O–H groups in total. The number of hydrogen-bond donors (Lipinski definition) is 1. The van der Waals surface area contributed by atoms with Crippen molar-refractivity contribution in [3.63, 3.8) is 0 Å². The molecule has 5 heteroatoms. The summed E-state index contributed by atoms with van der Waals surface area (Å²) in [6, 6.07) is 9.47. The van der Waals surface area contributed by atoms with Gasteiger partial charge in [-0.1, -0.05) is 30.3 Å². The van der Waals surface area contributed by atoms with Crippen molar-refractivity contribution in [1.29, 1.82) is 0 Å². The molecular weight excluding hydrogens is 270 g/mol. The lowest BCUT2D eigenvalue weighted by Crippen LogP contribution is -2.43. The minimum absolute atomic E-state index is 0.141. The van der Waals surface area contributed by atoms with E-state index in [1.54, 1.807) is 4.90 Å². The Morgan fingerprint density at radius 1 is 1.43 bits per heavy atom. The van der Waals surface area contributed by atoms with Crippen LogP contribution in [0.15, 0.2) is 30.3 Å². The van der Waals surface area contributed by atoms with Crippen molar-refractivity contribution in [2.24, 2.45) is 0 Å². The summed E-state index contributed by atoms with van der Waals surface area (Å²) in [5, 5.41) is 10.2. The van der Waals surface area contributed by atoms with E-state index in [9.17, 15) is 9.90 Å². The van der Waals surface area contributed by atoms with E-state index in [1.807, 2.05) is 30.3 Å². The molecule has 3 atom stereocenters. The van der Waals surface area contributed by atoms with E-state index in [4.69, 9.17) is 9.47 Å². The van der Waals surface area contributed by atoms with Crippen molar-refractivity contribution in [1.82, 2.24) is 4.90 Å². The highest BCUT2D eigenvalue weighted by molar-refractivity contribution is 5.68. The van der Waals surface area contributed by atoms with E-state index in [-0.39, 0.29) is 24.8 Å². The van der Waals surface area contributed by atoms with Crippen LogP contribution in [0.5, 0.6) is 0 Å². The predicted octanol–water partition coefficient (Wildman–Crippen LogP) is 1.94. The van der Waals surface area contributed by atoms with Crippen molar-refractivity contribution in [3.05, 3.63) is 35.9 Å². The molecule has 2 aliphatic heterocycles. The molecule has 0 spiro atoms. The standard InChI is InChI=1S/C16H21NO4/c18-15(9-13-11-20-13)14-7-4-8-17(14)16(19)21-10-12-5-2-1-3-6-12/h1-3,5-6,13-15,18H,4,7-11H2/t13-,14-,15+/m0/s1. The van der Waals surface area contributed by atoms with Crippen LogP contribution in [0, 0.1) is 0 Å². The highest BCUT2D eigenvalue weighted by Gasteiger charge is 2.38. The maximum Gasteiger partial charge on any atom is 0.410 e. The van der Waals surface area contributed by atoms with Crippen LogP contribution in [0.2, 0.25) is 0 Å². The Morgan fingerprint density at radius 3 is 2.90 bits per heavy atom. The summed E-state index contributed by atoms with van der Waals surface area (Å²) >= 11 is 0. The third-order valence-electron chi connectivity index (χ3n) is 4.09. The largest absolute Gasteiger partial charge is 0.445 e. The van der Waals surface area contributed by atoms with E-state index in [0.29, 0.717) is 13.0 Å². The van der Waals surface area contributed by atoms with Gasteiger partial charge in [-0.2, -0.15) is 0 Å². The first-order chi connectivity index (χ1) is 10.2. The van der Waals surface area contributed by atoms with Gasteiger partial charge in [0.25, 0.3) is 0 Å². The Labute approximate surface area is 124 Å². The SMILES string of the molecule is O=C(OCc1ccccc1)N1CCC[C@H]1[C@H](O)C[C@H]1CO1. The van der Waals surface area contributed by atoms with Crippen LogP contribution in [0.25, 0.3) is 0 Å². The zero-order chi connectivity index (χ0) is 14.7. The number of amides is 1. The predicted molar refractivity (Wildman–Crippen MR) is 76.7 cm³/mol. The Balaban J connectivity index is 1.52. The molecule has 2 heterocycles. The Kier molecular flexibility index (Phi) is 4.41. The molecule has 1 aromatic rings. The van der Waals surface area contributed by atoms with Gasteiger partial charge in [-0.3, -0.25) is 0 Å². The van der Waals surface area contributed by atoms with Crippen molar-refractivity contribution in [2.75, 3.05) is 13.2 Å². The van der Waals surface area contributed by atoms with Gasteiger partial charge in [-0.25, -0.2) is 4.79 Å². The van der Waals surface area contributed by atoms with Crippen molar-refractivity contribution in [2.45, 2.75) is 44.1 Å². The molecule has 0 aromatic heterocycles. The van der Waals surface area contributed by atoms with Crippen molar-refractivity contribution < 1.29 is 19.4 Å². The summed E-state index contributed by atoms with van der Waals surface area (Å²) in [6.45, 7) is 1.65. The molecule has 5 nitrogen and oxygen atoms in total. The average Bonchev–Trinajstić information content (AvgIpc) is 3.18. The first kappa shape index (κ1) is 14.4. The fourth-order valence-corrected chi connectivity index (χ4v) is 2.85. The molecular formula is C16H21NO4. The number of epoxide rings is 1. The Hall–Kier alpha value is -1.59. The Morgan fingerprint density at radius 2 is 2.19 bits per heavy atom. The van der Waals surface area contributed by atoms with Gasteiger partial charge >= 0.3 is 6.09 Å². The van der Waals surface area contributed by atoms with Crippen LogP contribution in [-0.2, 0) is 16.1 Å². The lowest BCUT2D eigenvalue weighted by Gasteiger charge is -2.27. The smallest absolute Gasteiger partial charge is 0.410 e. The van der Waals surface area contributed by atoms with E-state index in [1.165, 1.54) is 0 Å². The van der Waals surface area contributed by atoms with Gasteiger partial charge < -0.3 is 19.5 Å². The molecule has 2 aliphatic rings. The maximum absolute atomic E-state index is 12.2. The number of benzene rings is 1. The van der Waals surface area contributed by atoms with E-state index < -0.39 is 6.10 Å². The van der Waals surface area contributed by atoms with Crippen LogP contribution < -0.4 is 0 Å². The van der Waals surface area contributed by atoms with Gasteiger partial charge in [0.1, 0.15) is 6.61 Å². The second kappa shape index (κ2) is 6.45. The third-order valence-corrected chi connectivity index (χ3v) is 4.09. The molecule has 0 aliphatic carbocycles. The minimum Gasteiger partial charge on any atom is -0.445 e. The van der Waals surface area contributed by atoms with Gasteiger partial charge in [-0.05, 0) is 18.4 Å². The Bertz CT molecular complexity index is 474. The lowest BCUT2D eigenvalue weighted by atomic mass is 10.0. The number of aliphatic hydroxyl groups is 1. The van der Waals surface area contributed by atoms with Crippen LogP contribution in [0.4, 0.5) is 4.79 Å². The third kappa shape index (κ3) is 3.74. The second-order valence-corrected chi connectivity index (χ2v) is 5.70.